The van der Waals surface area contributed by atoms with Crippen molar-refractivity contribution in [3.8, 4) is 0 Å². The van der Waals surface area contributed by atoms with Gasteiger partial charge in [0.25, 0.3) is 0 Å². The van der Waals surface area contributed by atoms with Gasteiger partial charge in [-0.25, -0.2) is 0 Å². The maximum absolute atomic E-state index is 10.5. The molecule has 0 spiro atoms. The van der Waals surface area contributed by atoms with Gasteiger partial charge in [0.1, 0.15) is 0 Å². The summed E-state index contributed by atoms with van der Waals surface area (Å²) in [6.45, 7) is 8.18. The minimum Gasteiger partial charge on any atom is -0.419 e. The van der Waals surface area contributed by atoms with Gasteiger partial charge in [-0.05, 0) is 19.1 Å². The van der Waals surface area contributed by atoms with Crippen LogP contribution < -0.4 is 0 Å². The van der Waals surface area contributed by atoms with Gasteiger partial charge in [0, 0.05) is 16.8 Å². The summed E-state index contributed by atoms with van der Waals surface area (Å²) in [5.74, 6) is 0.285. The van der Waals surface area contributed by atoms with E-state index < -0.39 is 0 Å². The fraction of sp³-hybridized carbons (Fsp3) is 0.500. The number of halogens is 2. The Morgan fingerprint density at radius 1 is 1.07 bits per heavy atom. The van der Waals surface area contributed by atoms with Gasteiger partial charge in [-0.15, -0.1) is 37.3 Å². The largest absolute Gasteiger partial charge is 0.419 e. The molecule has 1 radical (unpaired) electrons. The van der Waals surface area contributed by atoms with Crippen LogP contribution in [-0.4, -0.2) is 6.29 Å². The van der Waals surface area contributed by atoms with Gasteiger partial charge in [0.15, 0.2) is 0 Å². The molecule has 0 bridgehead atoms. The molecular weight excluding hydrogens is 266 g/mol. The molecule has 1 unspecified atom stereocenters. The number of hydrogen-bond acceptors (Lipinski definition) is 1. The Balaban J connectivity index is -0.000000403. The van der Waals surface area contributed by atoms with E-state index >= 15 is 0 Å². The summed E-state index contributed by atoms with van der Waals surface area (Å²) < 4.78 is 0. The van der Waals surface area contributed by atoms with Crippen LogP contribution in [0.15, 0.2) is 22.3 Å². The number of rotatable bonds is 1. The van der Waals surface area contributed by atoms with Crippen molar-refractivity contribution in [2.75, 3.05) is 0 Å². The van der Waals surface area contributed by atoms with E-state index in [4.69, 9.17) is 0 Å². The molecule has 1 nitrogen and oxygen atoms in total. The van der Waals surface area contributed by atoms with Crippen molar-refractivity contribution >= 4 is 31.1 Å². The standard InChI is InChI=1S/C10H13O.2ClH.Co/c1-6-7(2)9(4)10(5-11)8(6)3;;;/h8H,1-4H3;2*1H;/q-1;;;. The van der Waals surface area contributed by atoms with Crippen molar-refractivity contribution in [2.24, 2.45) is 5.92 Å². The zero-order valence-electron chi connectivity index (χ0n) is 8.64. The third kappa shape index (κ3) is 3.12. The molecule has 1 rings (SSSR count). The van der Waals surface area contributed by atoms with Crippen LogP contribution >= 0.6 is 24.8 Å². The SMILES string of the molecule is CC1=C(C)C(C)C([C-]=O)=C1C.Cl.Cl.[Co]. The molecule has 0 amide bonds. The summed E-state index contributed by atoms with van der Waals surface area (Å²) in [7, 11) is 0. The van der Waals surface area contributed by atoms with Crippen LogP contribution in [0.2, 0.25) is 0 Å². The van der Waals surface area contributed by atoms with E-state index in [1.54, 1.807) is 0 Å². The Bertz CT molecular complexity index is 269. The second-order valence-corrected chi connectivity index (χ2v) is 3.17. The fourth-order valence-corrected chi connectivity index (χ4v) is 1.53. The summed E-state index contributed by atoms with van der Waals surface area (Å²) in [5.41, 5.74) is 4.52. The van der Waals surface area contributed by atoms with Crippen molar-refractivity contribution in [3.63, 3.8) is 0 Å². The molecule has 85 valence electrons. The molecule has 0 aromatic heterocycles. The van der Waals surface area contributed by atoms with Crippen LogP contribution in [0.4, 0.5) is 0 Å². The smallest absolute Gasteiger partial charge is 0 e. The Labute approximate surface area is 108 Å². The van der Waals surface area contributed by atoms with Crippen molar-refractivity contribution in [1.29, 1.82) is 0 Å². The van der Waals surface area contributed by atoms with Gasteiger partial charge in [-0.2, -0.15) is 11.1 Å². The molecule has 1 aliphatic carbocycles. The van der Waals surface area contributed by atoms with Gasteiger partial charge >= 0.3 is 0 Å². The van der Waals surface area contributed by atoms with Crippen LogP contribution in [0.1, 0.15) is 27.7 Å². The van der Waals surface area contributed by atoms with Gasteiger partial charge in [-0.1, -0.05) is 19.4 Å². The molecule has 0 saturated heterocycles. The van der Waals surface area contributed by atoms with Crippen LogP contribution in [0.3, 0.4) is 0 Å². The van der Waals surface area contributed by atoms with Crippen molar-refractivity contribution < 1.29 is 21.6 Å². The summed E-state index contributed by atoms with van der Waals surface area (Å²) in [4.78, 5) is 10.5. The quantitative estimate of drug-likeness (QED) is 0.674. The van der Waals surface area contributed by atoms with Gasteiger partial charge in [0.2, 0.25) is 0 Å². The van der Waals surface area contributed by atoms with Gasteiger partial charge in [-0.3, -0.25) is 0 Å². The van der Waals surface area contributed by atoms with Crippen LogP contribution in [-0.2, 0) is 21.6 Å². The maximum Gasteiger partial charge on any atom is 0 e. The van der Waals surface area contributed by atoms with E-state index in [-0.39, 0.29) is 47.5 Å². The van der Waals surface area contributed by atoms with Crippen molar-refractivity contribution in [3.05, 3.63) is 22.3 Å². The molecule has 0 fully saturated rings. The average molecular weight is 281 g/mol. The van der Waals surface area contributed by atoms with E-state index in [9.17, 15) is 4.79 Å². The summed E-state index contributed by atoms with van der Waals surface area (Å²) in [6, 6.07) is 0. The number of allylic oxidation sites excluding steroid dienone is 4. The van der Waals surface area contributed by atoms with Crippen molar-refractivity contribution in [1.82, 2.24) is 0 Å². The minimum absolute atomic E-state index is 0. The third-order valence-corrected chi connectivity index (χ3v) is 2.75. The monoisotopic (exact) mass is 280 g/mol. The molecular formula is C10H15Cl2CoO-. The first kappa shape index (κ1) is 19.8. The predicted molar refractivity (Wildman–Crippen MR) is 60.4 cm³/mol. The Hall–Kier alpha value is 0.236. The molecule has 0 aromatic rings. The summed E-state index contributed by atoms with van der Waals surface area (Å²) in [5, 5.41) is 0. The molecule has 0 aromatic carbocycles. The summed E-state index contributed by atoms with van der Waals surface area (Å²) in [6.07, 6.45) is 2.01. The number of hydrogen-bond donors (Lipinski definition) is 0. The van der Waals surface area contributed by atoms with Gasteiger partial charge < -0.3 is 4.79 Å². The minimum atomic E-state index is 0. The zero-order chi connectivity index (χ0) is 8.59. The van der Waals surface area contributed by atoms with E-state index in [0.29, 0.717) is 0 Å². The Kier molecular flexibility index (Phi) is 10.6. The predicted octanol–water partition coefficient (Wildman–Crippen LogP) is 3.24. The zero-order valence-corrected chi connectivity index (χ0v) is 11.3. The Morgan fingerprint density at radius 2 is 1.50 bits per heavy atom. The number of carbonyl (C=O) groups excluding carboxylic acids is 1. The van der Waals surface area contributed by atoms with Gasteiger partial charge in [0.05, 0.1) is 0 Å². The van der Waals surface area contributed by atoms with Crippen molar-refractivity contribution in [2.45, 2.75) is 27.7 Å². The topological polar surface area (TPSA) is 17.1 Å². The third-order valence-electron chi connectivity index (χ3n) is 2.75. The molecule has 4 heteroatoms. The van der Waals surface area contributed by atoms with E-state index in [2.05, 4.69) is 20.8 Å². The first-order valence-electron chi connectivity index (χ1n) is 3.86. The van der Waals surface area contributed by atoms with Crippen LogP contribution in [0, 0.1) is 5.92 Å². The first-order valence-corrected chi connectivity index (χ1v) is 3.86. The summed E-state index contributed by atoms with van der Waals surface area (Å²) >= 11 is 0. The molecule has 0 saturated carbocycles. The van der Waals surface area contributed by atoms with E-state index in [0.717, 1.165) is 11.1 Å². The molecule has 0 aliphatic heterocycles. The molecule has 14 heavy (non-hydrogen) atoms. The van der Waals surface area contributed by atoms with Crippen LogP contribution in [0.5, 0.6) is 0 Å². The average Bonchev–Trinajstić information content (AvgIpc) is 2.17. The molecule has 0 N–H and O–H groups in total. The second kappa shape index (κ2) is 7.52. The normalized spacial score (nSPS) is 19.6. The maximum atomic E-state index is 10.5. The molecule has 0 heterocycles. The fourth-order valence-electron chi connectivity index (χ4n) is 1.53. The second-order valence-electron chi connectivity index (χ2n) is 3.17. The van der Waals surface area contributed by atoms with E-state index in [1.807, 2.05) is 13.2 Å². The Morgan fingerprint density at radius 3 is 1.64 bits per heavy atom. The molecule has 1 atom stereocenters. The molecule has 1 aliphatic rings. The van der Waals surface area contributed by atoms with Crippen LogP contribution in [0.25, 0.3) is 0 Å². The van der Waals surface area contributed by atoms with E-state index in [1.165, 1.54) is 11.1 Å². The first-order chi connectivity index (χ1) is 5.09.